The first-order valence-electron chi connectivity index (χ1n) is 11.5. The average Bonchev–Trinajstić information content (AvgIpc) is 3.45. The molecule has 4 aromatic rings. The van der Waals surface area contributed by atoms with Gasteiger partial charge in [0.05, 0.1) is 17.6 Å². The fraction of sp³-hybridized carbons (Fsp3) is 0.231. The molecule has 1 aliphatic rings. The summed E-state index contributed by atoms with van der Waals surface area (Å²) in [6, 6.07) is 13.7. The maximum atomic E-state index is 12.7. The second-order valence-corrected chi connectivity index (χ2v) is 11.0. The van der Waals surface area contributed by atoms with Crippen LogP contribution in [0.2, 0.25) is 0 Å². The van der Waals surface area contributed by atoms with Gasteiger partial charge in [0, 0.05) is 41.4 Å². The topological polar surface area (TPSA) is 130 Å². The summed E-state index contributed by atoms with van der Waals surface area (Å²) in [5.74, 6) is 0.0236. The number of pyridine rings is 1. The number of nitrogen functional groups attached to an aromatic ring is 1. The molecule has 0 aliphatic carbocycles. The van der Waals surface area contributed by atoms with E-state index in [1.165, 1.54) is 4.52 Å². The quantitative estimate of drug-likeness (QED) is 0.396. The minimum Gasteiger partial charge on any atom is -0.382 e. The number of nitrogens with two attached hydrogens (primary N) is 1. The standard InChI is InChI=1S/C26H25N7O2S/c1-17-12-20(32(15-17)16-27)9-11-23-24(36(2,34)35)25(28)33-26(31-23)21(14-30-33)19-8-10-22(29-13-19)18-6-4-3-5-7-18/h3-8,10,13-15,20H,9,11-12,28H2,1-2H3/t20-/m0/s1. The van der Waals surface area contributed by atoms with Crippen molar-refractivity contribution in [1.29, 1.82) is 5.26 Å². The van der Waals surface area contributed by atoms with Crippen LogP contribution in [0.25, 0.3) is 28.0 Å². The van der Waals surface area contributed by atoms with Gasteiger partial charge in [-0.3, -0.25) is 9.88 Å². The number of rotatable bonds is 6. The van der Waals surface area contributed by atoms with Gasteiger partial charge < -0.3 is 5.73 Å². The maximum Gasteiger partial charge on any atom is 0.183 e. The summed E-state index contributed by atoms with van der Waals surface area (Å²) in [5.41, 5.74) is 11.6. The fourth-order valence-electron chi connectivity index (χ4n) is 4.68. The highest BCUT2D eigenvalue weighted by Crippen LogP contribution is 2.32. The first kappa shape index (κ1) is 23.5. The van der Waals surface area contributed by atoms with Crippen LogP contribution in [0, 0.1) is 11.5 Å². The van der Waals surface area contributed by atoms with Gasteiger partial charge in [0.25, 0.3) is 0 Å². The lowest BCUT2D eigenvalue weighted by Crippen LogP contribution is -2.23. The van der Waals surface area contributed by atoms with Crippen molar-refractivity contribution >= 4 is 21.3 Å². The number of nitrogens with zero attached hydrogens (tertiary/aromatic N) is 6. The van der Waals surface area contributed by atoms with Crippen molar-refractivity contribution in [3.05, 3.63) is 72.3 Å². The Morgan fingerprint density at radius 1 is 1.14 bits per heavy atom. The van der Waals surface area contributed by atoms with E-state index in [4.69, 9.17) is 10.7 Å². The molecule has 0 fully saturated rings. The van der Waals surface area contributed by atoms with Gasteiger partial charge >= 0.3 is 0 Å². The van der Waals surface area contributed by atoms with E-state index in [-0.39, 0.29) is 16.8 Å². The Bertz CT molecular complexity index is 1620. The Balaban J connectivity index is 1.54. The van der Waals surface area contributed by atoms with E-state index in [9.17, 15) is 13.7 Å². The lowest BCUT2D eigenvalue weighted by molar-refractivity contribution is 0.382. The number of sulfone groups is 1. The highest BCUT2D eigenvalue weighted by molar-refractivity contribution is 7.91. The molecule has 0 saturated carbocycles. The average molecular weight is 500 g/mol. The molecule has 0 unspecified atom stereocenters. The summed E-state index contributed by atoms with van der Waals surface area (Å²) >= 11 is 0. The van der Waals surface area contributed by atoms with Gasteiger partial charge in [-0.25, -0.2) is 13.4 Å². The van der Waals surface area contributed by atoms with Crippen LogP contribution >= 0.6 is 0 Å². The number of aromatic nitrogens is 4. The molecule has 0 amide bonds. The largest absolute Gasteiger partial charge is 0.382 e. The van der Waals surface area contributed by atoms with Crippen LogP contribution in [0.1, 0.15) is 25.5 Å². The molecule has 1 aliphatic heterocycles. The number of nitriles is 1. The summed E-state index contributed by atoms with van der Waals surface area (Å²) in [7, 11) is -3.68. The lowest BCUT2D eigenvalue weighted by Gasteiger charge is -2.18. The highest BCUT2D eigenvalue weighted by Gasteiger charge is 2.27. The van der Waals surface area contributed by atoms with Crippen LogP contribution in [0.5, 0.6) is 0 Å². The smallest absolute Gasteiger partial charge is 0.183 e. The minimum absolute atomic E-state index is 0.0200. The van der Waals surface area contributed by atoms with Crippen LogP contribution in [0.4, 0.5) is 5.82 Å². The molecule has 0 saturated heterocycles. The molecule has 3 aromatic heterocycles. The number of aryl methyl sites for hydroxylation is 1. The third-order valence-corrected chi connectivity index (χ3v) is 7.55. The normalized spacial score (nSPS) is 15.8. The predicted molar refractivity (Wildman–Crippen MR) is 137 cm³/mol. The summed E-state index contributed by atoms with van der Waals surface area (Å²) < 4.78 is 26.7. The molecule has 1 atom stereocenters. The van der Waals surface area contributed by atoms with Gasteiger partial charge in [0.2, 0.25) is 0 Å². The first-order chi connectivity index (χ1) is 17.3. The number of fused-ring (bicyclic) bond motifs is 1. The molecular weight excluding hydrogens is 474 g/mol. The molecule has 4 heterocycles. The molecule has 2 N–H and O–H groups in total. The van der Waals surface area contributed by atoms with Crippen molar-refractivity contribution in [3.8, 4) is 28.6 Å². The maximum absolute atomic E-state index is 12.7. The second-order valence-electron chi connectivity index (χ2n) is 9.02. The summed E-state index contributed by atoms with van der Waals surface area (Å²) in [6.45, 7) is 1.98. The third-order valence-electron chi connectivity index (χ3n) is 6.36. The van der Waals surface area contributed by atoms with Crippen molar-refractivity contribution in [2.24, 2.45) is 0 Å². The molecule has 9 nitrogen and oxygen atoms in total. The van der Waals surface area contributed by atoms with Gasteiger partial charge in [0.1, 0.15) is 10.7 Å². The Morgan fingerprint density at radius 2 is 1.92 bits per heavy atom. The second kappa shape index (κ2) is 9.09. The molecule has 0 spiro atoms. The van der Waals surface area contributed by atoms with Crippen molar-refractivity contribution in [1.82, 2.24) is 24.5 Å². The van der Waals surface area contributed by atoms with Crippen LogP contribution < -0.4 is 5.73 Å². The monoisotopic (exact) mass is 499 g/mol. The van der Waals surface area contributed by atoms with Gasteiger partial charge in [-0.05, 0) is 32.3 Å². The Hall–Kier alpha value is -4.23. The molecule has 5 rings (SSSR count). The predicted octanol–water partition coefficient (Wildman–Crippen LogP) is 3.84. The van der Waals surface area contributed by atoms with E-state index in [1.807, 2.05) is 55.6 Å². The molecule has 36 heavy (non-hydrogen) atoms. The SMILES string of the molecule is CC1=CN(C#N)[C@@H](CCc2nc3c(-c4ccc(-c5ccccc5)nc4)cnn3c(N)c2S(C)(=O)=O)C1. The Kier molecular flexibility index (Phi) is 5.94. The summed E-state index contributed by atoms with van der Waals surface area (Å²) in [5, 5.41) is 13.8. The Morgan fingerprint density at radius 3 is 2.58 bits per heavy atom. The Labute approximate surface area is 209 Å². The van der Waals surface area contributed by atoms with E-state index in [0.717, 1.165) is 35.1 Å². The van der Waals surface area contributed by atoms with Crippen molar-refractivity contribution in [2.45, 2.75) is 37.1 Å². The van der Waals surface area contributed by atoms with Gasteiger partial charge in [0.15, 0.2) is 21.7 Å². The number of benzene rings is 1. The van der Waals surface area contributed by atoms with Crippen LogP contribution in [-0.2, 0) is 16.3 Å². The zero-order valence-electron chi connectivity index (χ0n) is 20.0. The van der Waals surface area contributed by atoms with E-state index in [0.29, 0.717) is 29.7 Å². The molecule has 0 bridgehead atoms. The minimum atomic E-state index is -3.68. The van der Waals surface area contributed by atoms with Crippen LogP contribution in [0.3, 0.4) is 0 Å². The van der Waals surface area contributed by atoms with E-state index < -0.39 is 9.84 Å². The van der Waals surface area contributed by atoms with E-state index >= 15 is 0 Å². The number of hydrogen-bond acceptors (Lipinski definition) is 8. The third kappa shape index (κ3) is 4.29. The highest BCUT2D eigenvalue weighted by atomic mass is 32.2. The zero-order valence-corrected chi connectivity index (χ0v) is 20.8. The molecular formula is C26H25N7O2S. The van der Waals surface area contributed by atoms with Crippen LogP contribution in [-0.4, -0.2) is 45.2 Å². The molecule has 1 aromatic carbocycles. The molecule has 0 radical (unpaired) electrons. The molecule has 182 valence electrons. The van der Waals surface area contributed by atoms with E-state index in [2.05, 4.69) is 16.3 Å². The van der Waals surface area contributed by atoms with Gasteiger partial charge in [-0.1, -0.05) is 42.0 Å². The van der Waals surface area contributed by atoms with Gasteiger partial charge in [-0.2, -0.15) is 14.9 Å². The summed E-state index contributed by atoms with van der Waals surface area (Å²) in [4.78, 5) is 10.9. The number of hydrogen-bond donors (Lipinski definition) is 1. The van der Waals surface area contributed by atoms with E-state index in [1.54, 1.807) is 17.3 Å². The first-order valence-corrected chi connectivity index (χ1v) is 13.4. The van der Waals surface area contributed by atoms with Crippen LogP contribution in [0.15, 0.2) is 71.5 Å². The van der Waals surface area contributed by atoms with Crippen molar-refractivity contribution in [2.75, 3.05) is 12.0 Å². The summed E-state index contributed by atoms with van der Waals surface area (Å²) in [6.07, 6.45) is 10.2. The fourth-order valence-corrected chi connectivity index (χ4v) is 5.72. The van der Waals surface area contributed by atoms with Gasteiger partial charge in [-0.15, -0.1) is 0 Å². The zero-order chi connectivity index (χ0) is 25.4. The lowest BCUT2D eigenvalue weighted by atomic mass is 10.0. The number of anilines is 1. The van der Waals surface area contributed by atoms with Crippen molar-refractivity contribution in [3.63, 3.8) is 0 Å². The molecule has 10 heteroatoms. The van der Waals surface area contributed by atoms with Crippen molar-refractivity contribution < 1.29 is 8.42 Å².